The average molecular weight is 327 g/mol. The number of halogens is 1. The van der Waals surface area contributed by atoms with Crippen LogP contribution in [0.25, 0.3) is 10.6 Å². The molecule has 96 valence electrons. The van der Waals surface area contributed by atoms with Crippen molar-refractivity contribution in [1.82, 2.24) is 20.2 Å². The van der Waals surface area contributed by atoms with Crippen molar-refractivity contribution in [3.05, 3.63) is 27.9 Å². The zero-order valence-corrected chi connectivity index (χ0v) is 12.4. The van der Waals surface area contributed by atoms with Crippen molar-refractivity contribution in [3.63, 3.8) is 0 Å². The smallest absolute Gasteiger partial charge is 0.120 e. The molecule has 0 spiro atoms. The summed E-state index contributed by atoms with van der Waals surface area (Å²) in [5.74, 6) is 1.05. The van der Waals surface area contributed by atoms with Crippen molar-refractivity contribution in [2.24, 2.45) is 0 Å². The molecular weight excluding hydrogens is 312 g/mol. The Bertz CT molecular complexity index is 516. The van der Waals surface area contributed by atoms with Gasteiger partial charge < -0.3 is 10.3 Å². The molecular formula is C12H15BrN4S. The number of aromatic nitrogens is 2. The van der Waals surface area contributed by atoms with Crippen LogP contribution in [0.1, 0.15) is 5.82 Å². The summed E-state index contributed by atoms with van der Waals surface area (Å²) in [6, 6.07) is 2.12. The van der Waals surface area contributed by atoms with E-state index >= 15 is 0 Å². The van der Waals surface area contributed by atoms with E-state index in [0.29, 0.717) is 0 Å². The highest BCUT2D eigenvalue weighted by molar-refractivity contribution is 9.10. The van der Waals surface area contributed by atoms with E-state index in [1.807, 2.05) is 6.20 Å². The maximum Gasteiger partial charge on any atom is 0.120 e. The van der Waals surface area contributed by atoms with Crippen LogP contribution in [0.4, 0.5) is 0 Å². The molecule has 0 unspecified atom stereocenters. The highest BCUT2D eigenvalue weighted by atomic mass is 79.9. The Morgan fingerprint density at radius 3 is 2.94 bits per heavy atom. The number of hydrogen-bond donors (Lipinski definition) is 2. The molecule has 0 aromatic carbocycles. The fourth-order valence-corrected chi connectivity index (χ4v) is 3.50. The summed E-state index contributed by atoms with van der Waals surface area (Å²) in [6.07, 6.45) is 1.93. The second-order valence-corrected chi connectivity index (χ2v) is 6.23. The Morgan fingerprint density at radius 2 is 2.22 bits per heavy atom. The lowest BCUT2D eigenvalue weighted by atomic mass is 10.3. The first-order valence-electron chi connectivity index (χ1n) is 6.02. The van der Waals surface area contributed by atoms with E-state index in [9.17, 15) is 0 Å². The Morgan fingerprint density at radius 1 is 1.39 bits per heavy atom. The van der Waals surface area contributed by atoms with E-state index in [1.54, 1.807) is 11.3 Å². The molecule has 0 atom stereocenters. The Kier molecular flexibility index (Phi) is 3.79. The molecule has 6 heteroatoms. The molecule has 1 aliphatic heterocycles. The number of aromatic amines is 1. The lowest BCUT2D eigenvalue weighted by molar-refractivity contribution is 0.228. The fraction of sp³-hybridized carbons (Fsp3) is 0.417. The van der Waals surface area contributed by atoms with Gasteiger partial charge in [0, 0.05) is 36.0 Å². The van der Waals surface area contributed by atoms with Gasteiger partial charge in [0.25, 0.3) is 0 Å². The standard InChI is InChI=1S/C12H15BrN4S/c13-9-5-11(18-8-9)10-6-15-12(16-10)7-17-3-1-14-2-4-17/h5-6,8,14H,1-4,7H2,(H,15,16). The number of thiophene rings is 1. The number of rotatable bonds is 3. The first-order chi connectivity index (χ1) is 8.81. The van der Waals surface area contributed by atoms with Crippen LogP contribution in [0.15, 0.2) is 22.1 Å². The quantitative estimate of drug-likeness (QED) is 0.909. The molecule has 0 amide bonds. The van der Waals surface area contributed by atoms with Crippen LogP contribution in [0.3, 0.4) is 0 Å². The molecule has 0 aliphatic carbocycles. The number of nitrogens with one attached hydrogen (secondary N) is 2. The predicted octanol–water partition coefficient (Wildman–Crippen LogP) is 2.31. The third kappa shape index (κ3) is 2.83. The van der Waals surface area contributed by atoms with Crippen LogP contribution in [-0.2, 0) is 6.54 Å². The maximum atomic E-state index is 4.47. The molecule has 18 heavy (non-hydrogen) atoms. The number of hydrogen-bond acceptors (Lipinski definition) is 4. The summed E-state index contributed by atoms with van der Waals surface area (Å²) in [4.78, 5) is 11.5. The van der Waals surface area contributed by atoms with E-state index in [2.05, 4.69) is 47.6 Å². The molecule has 4 nitrogen and oxygen atoms in total. The summed E-state index contributed by atoms with van der Waals surface area (Å²) < 4.78 is 1.13. The Labute approximate surface area is 119 Å². The third-order valence-corrected chi connectivity index (χ3v) is 4.77. The van der Waals surface area contributed by atoms with Crippen molar-refractivity contribution in [3.8, 4) is 10.6 Å². The van der Waals surface area contributed by atoms with Gasteiger partial charge in [0.2, 0.25) is 0 Å². The monoisotopic (exact) mass is 326 g/mol. The summed E-state index contributed by atoms with van der Waals surface area (Å²) in [6.45, 7) is 5.26. The second kappa shape index (κ2) is 5.52. The zero-order valence-electron chi connectivity index (χ0n) is 9.95. The summed E-state index contributed by atoms with van der Waals surface area (Å²) >= 11 is 5.20. The van der Waals surface area contributed by atoms with Gasteiger partial charge in [-0.25, -0.2) is 4.98 Å². The topological polar surface area (TPSA) is 44.0 Å². The van der Waals surface area contributed by atoms with E-state index in [4.69, 9.17) is 0 Å². The van der Waals surface area contributed by atoms with Crippen molar-refractivity contribution in [1.29, 1.82) is 0 Å². The Hall–Kier alpha value is -0.690. The normalized spacial score (nSPS) is 17.2. The van der Waals surface area contributed by atoms with Crippen LogP contribution in [-0.4, -0.2) is 41.0 Å². The first-order valence-corrected chi connectivity index (χ1v) is 7.70. The van der Waals surface area contributed by atoms with Gasteiger partial charge in [-0.15, -0.1) is 11.3 Å². The van der Waals surface area contributed by atoms with E-state index in [1.165, 1.54) is 4.88 Å². The molecule has 0 saturated carbocycles. The van der Waals surface area contributed by atoms with Crippen molar-refractivity contribution in [2.45, 2.75) is 6.54 Å². The lowest BCUT2D eigenvalue weighted by Crippen LogP contribution is -2.43. The van der Waals surface area contributed by atoms with Crippen LogP contribution >= 0.6 is 27.3 Å². The van der Waals surface area contributed by atoms with E-state index < -0.39 is 0 Å². The van der Waals surface area contributed by atoms with Gasteiger partial charge in [-0.1, -0.05) is 0 Å². The van der Waals surface area contributed by atoms with Crippen LogP contribution in [0, 0.1) is 0 Å². The van der Waals surface area contributed by atoms with Gasteiger partial charge in [0.05, 0.1) is 23.3 Å². The molecule has 2 N–H and O–H groups in total. The fourth-order valence-electron chi connectivity index (χ4n) is 2.10. The summed E-state index contributed by atoms with van der Waals surface area (Å²) in [7, 11) is 0. The van der Waals surface area contributed by atoms with Crippen molar-refractivity contribution >= 4 is 27.3 Å². The highest BCUT2D eigenvalue weighted by Gasteiger charge is 2.12. The summed E-state index contributed by atoms with van der Waals surface area (Å²) in [5.41, 5.74) is 1.11. The maximum absolute atomic E-state index is 4.47. The minimum absolute atomic E-state index is 0.911. The number of imidazole rings is 1. The largest absolute Gasteiger partial charge is 0.340 e. The number of piperazine rings is 1. The van der Waals surface area contributed by atoms with Gasteiger partial charge in [-0.05, 0) is 22.0 Å². The van der Waals surface area contributed by atoms with Crippen LogP contribution in [0.2, 0.25) is 0 Å². The van der Waals surface area contributed by atoms with E-state index in [0.717, 1.165) is 48.7 Å². The lowest BCUT2D eigenvalue weighted by Gasteiger charge is -2.26. The molecule has 2 aromatic heterocycles. The number of nitrogens with zero attached hydrogens (tertiary/aromatic N) is 2. The van der Waals surface area contributed by atoms with Crippen LogP contribution < -0.4 is 5.32 Å². The highest BCUT2D eigenvalue weighted by Crippen LogP contribution is 2.28. The SMILES string of the molecule is Brc1csc(-c2cnc(CN3CCNCC3)[nH]2)c1. The van der Waals surface area contributed by atoms with Gasteiger partial charge in [0.1, 0.15) is 5.82 Å². The zero-order chi connectivity index (χ0) is 12.4. The molecule has 0 bridgehead atoms. The van der Waals surface area contributed by atoms with Gasteiger partial charge >= 0.3 is 0 Å². The molecule has 0 radical (unpaired) electrons. The Balaban J connectivity index is 1.69. The van der Waals surface area contributed by atoms with Crippen molar-refractivity contribution in [2.75, 3.05) is 26.2 Å². The molecule has 1 aliphatic rings. The second-order valence-electron chi connectivity index (χ2n) is 4.40. The average Bonchev–Trinajstić information content (AvgIpc) is 2.99. The third-order valence-electron chi connectivity index (χ3n) is 3.04. The summed E-state index contributed by atoms with van der Waals surface area (Å²) in [5, 5.41) is 5.45. The molecule has 1 saturated heterocycles. The molecule has 1 fully saturated rings. The molecule has 2 aromatic rings. The predicted molar refractivity (Wildman–Crippen MR) is 77.7 cm³/mol. The minimum atomic E-state index is 0.911. The van der Waals surface area contributed by atoms with Gasteiger partial charge in [0.15, 0.2) is 0 Å². The molecule has 3 rings (SSSR count). The van der Waals surface area contributed by atoms with Crippen molar-refractivity contribution < 1.29 is 0 Å². The molecule has 3 heterocycles. The van der Waals surface area contributed by atoms with Gasteiger partial charge in [-0.3, -0.25) is 4.90 Å². The van der Waals surface area contributed by atoms with Crippen LogP contribution in [0.5, 0.6) is 0 Å². The van der Waals surface area contributed by atoms with Gasteiger partial charge in [-0.2, -0.15) is 0 Å². The minimum Gasteiger partial charge on any atom is -0.340 e. The van der Waals surface area contributed by atoms with E-state index in [-0.39, 0.29) is 0 Å². The first kappa shape index (κ1) is 12.3. The number of H-pyrrole nitrogens is 1.